The van der Waals surface area contributed by atoms with Crippen LogP contribution in [0.1, 0.15) is 22.5 Å². The fourth-order valence-corrected chi connectivity index (χ4v) is 3.88. The van der Waals surface area contributed by atoms with Gasteiger partial charge in [-0.3, -0.25) is 4.90 Å². The molecule has 0 amide bonds. The number of anilines is 1. The fraction of sp³-hybridized carbons (Fsp3) is 0.364. The smallest absolute Gasteiger partial charge is 0.153 e. The minimum Gasteiger partial charge on any atom is -0.366 e. The van der Waals surface area contributed by atoms with Gasteiger partial charge in [-0.1, -0.05) is 35.9 Å². The fourth-order valence-electron chi connectivity index (χ4n) is 3.88. The van der Waals surface area contributed by atoms with Gasteiger partial charge >= 0.3 is 0 Å². The second kappa shape index (κ2) is 7.53. The van der Waals surface area contributed by atoms with Crippen LogP contribution in [0.3, 0.4) is 0 Å². The van der Waals surface area contributed by atoms with Crippen LogP contribution >= 0.6 is 0 Å². The van der Waals surface area contributed by atoms with E-state index in [0.717, 1.165) is 49.9 Å². The lowest BCUT2D eigenvalue weighted by Gasteiger charge is -2.36. The molecule has 3 aromatic rings. The predicted octanol–water partition coefficient (Wildman–Crippen LogP) is 3.51. The Morgan fingerprint density at radius 3 is 2.30 bits per heavy atom. The van der Waals surface area contributed by atoms with E-state index in [1.54, 1.807) is 0 Å². The molecule has 0 bridgehead atoms. The highest BCUT2D eigenvalue weighted by Gasteiger charge is 2.23. The minimum atomic E-state index is 0.877. The molecule has 140 valence electrons. The molecule has 5 heteroatoms. The SMILES string of the molecule is Cc1ccc(CN2CCN(c3c(C)nn(-c4ccccn4)c3C)CC2)cc1. The number of hydrogen-bond donors (Lipinski definition) is 0. The highest BCUT2D eigenvalue weighted by Crippen LogP contribution is 2.27. The van der Waals surface area contributed by atoms with Crippen molar-refractivity contribution in [3.8, 4) is 5.82 Å². The van der Waals surface area contributed by atoms with E-state index in [-0.39, 0.29) is 0 Å². The van der Waals surface area contributed by atoms with Crippen LogP contribution in [-0.4, -0.2) is 45.8 Å². The Labute approximate surface area is 161 Å². The van der Waals surface area contributed by atoms with Gasteiger partial charge in [0.2, 0.25) is 0 Å². The Hall–Kier alpha value is -2.66. The summed E-state index contributed by atoms with van der Waals surface area (Å²) < 4.78 is 1.96. The third-order valence-corrected chi connectivity index (χ3v) is 5.33. The number of aryl methyl sites for hydroxylation is 2. The topological polar surface area (TPSA) is 37.2 Å². The zero-order valence-corrected chi connectivity index (χ0v) is 16.4. The highest BCUT2D eigenvalue weighted by atomic mass is 15.4. The molecule has 1 fully saturated rings. The zero-order chi connectivity index (χ0) is 18.8. The van der Waals surface area contributed by atoms with Gasteiger partial charge in [-0.05, 0) is 38.5 Å². The summed E-state index contributed by atoms with van der Waals surface area (Å²) in [4.78, 5) is 9.46. The minimum absolute atomic E-state index is 0.877. The second-order valence-electron chi connectivity index (χ2n) is 7.37. The molecule has 0 N–H and O–H groups in total. The molecular weight excluding hydrogens is 334 g/mol. The van der Waals surface area contributed by atoms with E-state index in [9.17, 15) is 0 Å². The summed E-state index contributed by atoms with van der Waals surface area (Å²) in [5.41, 5.74) is 6.21. The summed E-state index contributed by atoms with van der Waals surface area (Å²) in [5, 5.41) is 4.75. The van der Waals surface area contributed by atoms with Crippen LogP contribution in [0.25, 0.3) is 5.82 Å². The standard InChI is InChI=1S/C22H27N5/c1-17-7-9-20(10-8-17)16-25-12-14-26(15-13-25)22-18(2)24-27(19(22)3)21-6-4-5-11-23-21/h4-11H,12-16H2,1-3H3. The van der Waals surface area contributed by atoms with Gasteiger partial charge in [0.15, 0.2) is 5.82 Å². The molecule has 1 aliphatic rings. The van der Waals surface area contributed by atoms with Crippen LogP contribution in [0.5, 0.6) is 0 Å². The third-order valence-electron chi connectivity index (χ3n) is 5.33. The predicted molar refractivity (Wildman–Crippen MR) is 110 cm³/mol. The number of piperazine rings is 1. The van der Waals surface area contributed by atoms with E-state index in [1.165, 1.54) is 16.8 Å². The number of hydrogen-bond acceptors (Lipinski definition) is 4. The van der Waals surface area contributed by atoms with Crippen LogP contribution in [0.2, 0.25) is 0 Å². The lowest BCUT2D eigenvalue weighted by molar-refractivity contribution is 0.249. The van der Waals surface area contributed by atoms with E-state index in [4.69, 9.17) is 5.10 Å². The van der Waals surface area contributed by atoms with Crippen LogP contribution in [0, 0.1) is 20.8 Å². The van der Waals surface area contributed by atoms with Crippen LogP contribution in [-0.2, 0) is 6.54 Å². The summed E-state index contributed by atoms with van der Waals surface area (Å²) >= 11 is 0. The molecule has 1 aromatic carbocycles. The maximum absolute atomic E-state index is 4.75. The molecular formula is C22H27N5. The second-order valence-corrected chi connectivity index (χ2v) is 7.37. The van der Waals surface area contributed by atoms with Crippen molar-refractivity contribution < 1.29 is 0 Å². The van der Waals surface area contributed by atoms with Crippen LogP contribution < -0.4 is 4.90 Å². The Balaban J connectivity index is 1.45. The van der Waals surface area contributed by atoms with Crippen molar-refractivity contribution in [2.75, 3.05) is 31.1 Å². The summed E-state index contributed by atoms with van der Waals surface area (Å²) in [7, 11) is 0. The monoisotopic (exact) mass is 361 g/mol. The molecule has 2 aromatic heterocycles. The normalized spacial score (nSPS) is 15.3. The first-order chi connectivity index (χ1) is 13.1. The van der Waals surface area contributed by atoms with E-state index in [1.807, 2.05) is 29.1 Å². The van der Waals surface area contributed by atoms with Crippen molar-refractivity contribution in [1.82, 2.24) is 19.7 Å². The first kappa shape index (κ1) is 17.7. The lowest BCUT2D eigenvalue weighted by atomic mass is 10.1. The van der Waals surface area contributed by atoms with Gasteiger partial charge < -0.3 is 4.90 Å². The van der Waals surface area contributed by atoms with Crippen molar-refractivity contribution in [3.05, 3.63) is 71.2 Å². The Bertz CT molecular complexity index is 890. The first-order valence-electron chi connectivity index (χ1n) is 9.62. The number of benzene rings is 1. The van der Waals surface area contributed by atoms with Crippen LogP contribution in [0.15, 0.2) is 48.7 Å². The molecule has 0 atom stereocenters. The summed E-state index contributed by atoms with van der Waals surface area (Å²) in [5.74, 6) is 0.877. The molecule has 0 radical (unpaired) electrons. The molecule has 4 rings (SSSR count). The van der Waals surface area contributed by atoms with Gasteiger partial charge in [0.25, 0.3) is 0 Å². The molecule has 0 aliphatic carbocycles. The quantitative estimate of drug-likeness (QED) is 0.713. The Kier molecular flexibility index (Phi) is 4.94. The highest BCUT2D eigenvalue weighted by molar-refractivity contribution is 5.56. The van der Waals surface area contributed by atoms with Gasteiger partial charge in [-0.2, -0.15) is 5.10 Å². The van der Waals surface area contributed by atoms with E-state index >= 15 is 0 Å². The number of nitrogens with zero attached hydrogens (tertiary/aromatic N) is 5. The summed E-state index contributed by atoms with van der Waals surface area (Å²) in [6, 6.07) is 14.8. The van der Waals surface area contributed by atoms with Crippen molar-refractivity contribution >= 4 is 5.69 Å². The number of aromatic nitrogens is 3. The summed E-state index contributed by atoms with van der Waals surface area (Å²) in [6.45, 7) is 11.6. The molecule has 27 heavy (non-hydrogen) atoms. The molecule has 5 nitrogen and oxygen atoms in total. The molecule has 1 saturated heterocycles. The maximum atomic E-state index is 4.75. The maximum Gasteiger partial charge on any atom is 0.153 e. The zero-order valence-electron chi connectivity index (χ0n) is 16.4. The molecule has 0 spiro atoms. The van der Waals surface area contributed by atoms with Gasteiger partial charge in [0.1, 0.15) is 0 Å². The molecule has 1 aliphatic heterocycles. The Morgan fingerprint density at radius 1 is 0.889 bits per heavy atom. The first-order valence-corrected chi connectivity index (χ1v) is 9.62. The Morgan fingerprint density at radius 2 is 1.63 bits per heavy atom. The van der Waals surface area contributed by atoms with Gasteiger partial charge in [-0.25, -0.2) is 9.67 Å². The molecule has 0 saturated carbocycles. The third kappa shape index (κ3) is 3.74. The van der Waals surface area contributed by atoms with E-state index < -0.39 is 0 Å². The lowest BCUT2D eigenvalue weighted by Crippen LogP contribution is -2.46. The van der Waals surface area contributed by atoms with Crippen molar-refractivity contribution in [2.24, 2.45) is 0 Å². The average Bonchev–Trinajstić information content (AvgIpc) is 2.99. The number of pyridine rings is 1. The van der Waals surface area contributed by atoms with Crippen molar-refractivity contribution in [1.29, 1.82) is 0 Å². The van der Waals surface area contributed by atoms with Gasteiger partial charge in [-0.15, -0.1) is 0 Å². The van der Waals surface area contributed by atoms with E-state index in [0.29, 0.717) is 0 Å². The van der Waals surface area contributed by atoms with E-state index in [2.05, 4.69) is 59.8 Å². The molecule has 3 heterocycles. The summed E-state index contributed by atoms with van der Waals surface area (Å²) in [6.07, 6.45) is 1.81. The van der Waals surface area contributed by atoms with Gasteiger partial charge in [0, 0.05) is 38.9 Å². The van der Waals surface area contributed by atoms with Crippen LogP contribution in [0.4, 0.5) is 5.69 Å². The molecule has 0 unspecified atom stereocenters. The number of rotatable bonds is 4. The van der Waals surface area contributed by atoms with Crippen molar-refractivity contribution in [2.45, 2.75) is 27.3 Å². The average molecular weight is 361 g/mol. The van der Waals surface area contributed by atoms with Crippen molar-refractivity contribution in [3.63, 3.8) is 0 Å². The van der Waals surface area contributed by atoms with Gasteiger partial charge in [0.05, 0.1) is 17.1 Å². The largest absolute Gasteiger partial charge is 0.366 e.